The third-order valence-electron chi connectivity index (χ3n) is 4.69. The molecular weight excluding hydrogens is 146 g/mol. The van der Waals surface area contributed by atoms with Crippen molar-refractivity contribution in [2.75, 3.05) is 0 Å². The van der Waals surface area contributed by atoms with Crippen molar-refractivity contribution in [3.8, 4) is 0 Å². The van der Waals surface area contributed by atoms with Crippen molar-refractivity contribution in [1.29, 1.82) is 0 Å². The highest BCUT2D eigenvalue weighted by atomic mass is 14.8. The summed E-state index contributed by atoms with van der Waals surface area (Å²) in [7, 11) is 0. The molecule has 2 N–H and O–H groups in total. The Hall–Kier alpha value is -0.0400. The smallest absolute Gasteiger partial charge is 0.0101 e. The second kappa shape index (κ2) is 2.25. The van der Waals surface area contributed by atoms with Gasteiger partial charge in [0.15, 0.2) is 0 Å². The molecule has 0 aromatic heterocycles. The van der Waals surface area contributed by atoms with Crippen molar-refractivity contribution < 1.29 is 0 Å². The van der Waals surface area contributed by atoms with E-state index in [0.29, 0.717) is 11.5 Å². The van der Waals surface area contributed by atoms with Gasteiger partial charge < -0.3 is 5.73 Å². The molecule has 0 saturated heterocycles. The van der Waals surface area contributed by atoms with Crippen molar-refractivity contribution in [2.24, 2.45) is 23.0 Å². The Balaban J connectivity index is 1.64. The van der Waals surface area contributed by atoms with Gasteiger partial charge in [-0.15, -0.1) is 0 Å². The Morgan fingerprint density at radius 3 is 2.42 bits per heavy atom. The molecule has 12 heavy (non-hydrogen) atoms. The second-order valence-corrected chi connectivity index (χ2v) is 5.30. The van der Waals surface area contributed by atoms with E-state index in [4.69, 9.17) is 5.73 Å². The van der Waals surface area contributed by atoms with Crippen molar-refractivity contribution in [1.82, 2.24) is 0 Å². The van der Waals surface area contributed by atoms with Crippen LogP contribution in [0.4, 0.5) is 0 Å². The predicted molar refractivity (Wildman–Crippen MR) is 49.7 cm³/mol. The molecule has 0 bridgehead atoms. The summed E-state index contributed by atoms with van der Waals surface area (Å²) in [6.07, 6.45) is 10.2. The van der Waals surface area contributed by atoms with Gasteiger partial charge in [0.25, 0.3) is 0 Å². The second-order valence-electron chi connectivity index (χ2n) is 5.30. The van der Waals surface area contributed by atoms with Crippen molar-refractivity contribution in [3.63, 3.8) is 0 Å². The first-order valence-electron chi connectivity index (χ1n) is 5.57. The lowest BCUT2D eigenvalue weighted by Crippen LogP contribution is -2.61. The molecule has 3 aliphatic rings. The summed E-state index contributed by atoms with van der Waals surface area (Å²) < 4.78 is 0. The molecule has 0 aromatic carbocycles. The standard InChI is InChI=1S/C11H19N/c12-10-7-9(6-8-2-3-8)11(10)4-1-5-11/h8-10H,1-7,12H2. The van der Waals surface area contributed by atoms with Crippen molar-refractivity contribution >= 4 is 0 Å². The molecule has 3 rings (SSSR count). The molecule has 0 aliphatic heterocycles. The Bertz CT molecular complexity index is 191. The maximum atomic E-state index is 6.11. The van der Waals surface area contributed by atoms with Crippen LogP contribution in [-0.2, 0) is 0 Å². The first-order chi connectivity index (χ1) is 5.81. The van der Waals surface area contributed by atoms with Crippen LogP contribution in [0.15, 0.2) is 0 Å². The number of hydrogen-bond donors (Lipinski definition) is 1. The van der Waals surface area contributed by atoms with E-state index in [1.807, 2.05) is 0 Å². The van der Waals surface area contributed by atoms with E-state index < -0.39 is 0 Å². The Labute approximate surface area is 74.7 Å². The van der Waals surface area contributed by atoms with Crippen LogP contribution >= 0.6 is 0 Å². The van der Waals surface area contributed by atoms with Gasteiger partial charge in [-0.1, -0.05) is 19.3 Å². The molecule has 3 aliphatic carbocycles. The summed E-state index contributed by atoms with van der Waals surface area (Å²) in [4.78, 5) is 0. The number of hydrogen-bond acceptors (Lipinski definition) is 1. The lowest BCUT2D eigenvalue weighted by atomic mass is 9.46. The molecule has 0 aromatic rings. The van der Waals surface area contributed by atoms with E-state index in [9.17, 15) is 0 Å². The lowest BCUT2D eigenvalue weighted by molar-refractivity contribution is -0.0792. The highest BCUT2D eigenvalue weighted by Crippen LogP contribution is 2.62. The molecule has 1 heteroatoms. The highest BCUT2D eigenvalue weighted by Gasteiger charge is 2.56. The highest BCUT2D eigenvalue weighted by molar-refractivity contribution is 5.10. The maximum absolute atomic E-state index is 6.11. The zero-order valence-corrected chi connectivity index (χ0v) is 7.76. The zero-order chi connectivity index (χ0) is 8.18. The Morgan fingerprint density at radius 1 is 1.25 bits per heavy atom. The van der Waals surface area contributed by atoms with Crippen LogP contribution in [0.1, 0.15) is 44.9 Å². The molecule has 1 spiro atoms. The van der Waals surface area contributed by atoms with Crippen LogP contribution in [0.3, 0.4) is 0 Å². The molecule has 1 nitrogen and oxygen atoms in total. The third kappa shape index (κ3) is 0.834. The summed E-state index contributed by atoms with van der Waals surface area (Å²) in [5, 5.41) is 0. The van der Waals surface area contributed by atoms with Crippen LogP contribution in [0.2, 0.25) is 0 Å². The van der Waals surface area contributed by atoms with Gasteiger partial charge in [-0.05, 0) is 42.9 Å². The topological polar surface area (TPSA) is 26.0 Å². The molecule has 3 saturated carbocycles. The minimum Gasteiger partial charge on any atom is -0.327 e. The van der Waals surface area contributed by atoms with E-state index in [1.165, 1.54) is 44.9 Å². The monoisotopic (exact) mass is 165 g/mol. The van der Waals surface area contributed by atoms with Gasteiger partial charge in [-0.25, -0.2) is 0 Å². The van der Waals surface area contributed by atoms with E-state index >= 15 is 0 Å². The number of nitrogens with two attached hydrogens (primary N) is 1. The van der Waals surface area contributed by atoms with Crippen LogP contribution in [0.25, 0.3) is 0 Å². The van der Waals surface area contributed by atoms with E-state index in [2.05, 4.69) is 0 Å². The SMILES string of the molecule is NC1CC(CC2CC2)C12CCC2. The van der Waals surface area contributed by atoms with Crippen LogP contribution in [0, 0.1) is 17.3 Å². The summed E-state index contributed by atoms with van der Waals surface area (Å²) in [6, 6.07) is 0.579. The molecule has 0 heterocycles. The van der Waals surface area contributed by atoms with Gasteiger partial charge in [0.1, 0.15) is 0 Å². The van der Waals surface area contributed by atoms with Crippen LogP contribution in [-0.4, -0.2) is 6.04 Å². The van der Waals surface area contributed by atoms with Gasteiger partial charge in [-0.3, -0.25) is 0 Å². The van der Waals surface area contributed by atoms with E-state index in [-0.39, 0.29) is 0 Å². The maximum Gasteiger partial charge on any atom is 0.0101 e. The van der Waals surface area contributed by atoms with E-state index in [1.54, 1.807) is 0 Å². The molecule has 0 radical (unpaired) electrons. The van der Waals surface area contributed by atoms with Crippen molar-refractivity contribution in [2.45, 2.75) is 51.0 Å². The minimum absolute atomic E-state index is 0.579. The quantitative estimate of drug-likeness (QED) is 0.667. The Morgan fingerprint density at radius 2 is 2.00 bits per heavy atom. The third-order valence-corrected chi connectivity index (χ3v) is 4.69. The Kier molecular flexibility index (Phi) is 1.39. The summed E-state index contributed by atoms with van der Waals surface area (Å²) in [6.45, 7) is 0. The molecular formula is C11H19N. The van der Waals surface area contributed by atoms with Gasteiger partial charge >= 0.3 is 0 Å². The van der Waals surface area contributed by atoms with Gasteiger partial charge in [0.2, 0.25) is 0 Å². The van der Waals surface area contributed by atoms with Crippen LogP contribution < -0.4 is 5.73 Å². The average molecular weight is 165 g/mol. The van der Waals surface area contributed by atoms with E-state index in [0.717, 1.165) is 11.8 Å². The van der Waals surface area contributed by atoms with Gasteiger partial charge in [-0.2, -0.15) is 0 Å². The summed E-state index contributed by atoms with van der Waals surface area (Å²) in [5.74, 6) is 2.15. The molecule has 2 unspecified atom stereocenters. The minimum atomic E-state index is 0.579. The number of rotatable bonds is 2. The zero-order valence-electron chi connectivity index (χ0n) is 7.76. The first-order valence-corrected chi connectivity index (χ1v) is 5.57. The normalized spacial score (nSPS) is 43.8. The fourth-order valence-corrected chi connectivity index (χ4v) is 3.37. The van der Waals surface area contributed by atoms with Crippen molar-refractivity contribution in [3.05, 3.63) is 0 Å². The molecule has 2 atom stereocenters. The van der Waals surface area contributed by atoms with Crippen LogP contribution in [0.5, 0.6) is 0 Å². The largest absolute Gasteiger partial charge is 0.327 e. The predicted octanol–water partition coefficient (Wildman–Crippen LogP) is 2.30. The summed E-state index contributed by atoms with van der Waals surface area (Å²) in [5.41, 5.74) is 6.77. The summed E-state index contributed by atoms with van der Waals surface area (Å²) >= 11 is 0. The lowest BCUT2D eigenvalue weighted by Gasteiger charge is -2.61. The van der Waals surface area contributed by atoms with Gasteiger partial charge in [0, 0.05) is 6.04 Å². The molecule has 0 amide bonds. The van der Waals surface area contributed by atoms with Gasteiger partial charge in [0.05, 0.1) is 0 Å². The molecule has 68 valence electrons. The molecule has 3 fully saturated rings. The average Bonchev–Trinajstić information content (AvgIpc) is 2.66. The fourth-order valence-electron chi connectivity index (χ4n) is 3.37. The fraction of sp³-hybridized carbons (Fsp3) is 1.00. The first kappa shape index (κ1) is 7.37.